The summed E-state index contributed by atoms with van der Waals surface area (Å²) in [7, 11) is 0. The van der Waals surface area contributed by atoms with E-state index in [0.29, 0.717) is 12.0 Å². The molecule has 1 aromatic carbocycles. The van der Waals surface area contributed by atoms with Crippen molar-refractivity contribution in [1.29, 1.82) is 0 Å². The maximum Gasteiger partial charge on any atom is 0.339 e. The van der Waals surface area contributed by atoms with Crippen molar-refractivity contribution >= 4 is 11.8 Å². The fourth-order valence-corrected chi connectivity index (χ4v) is 1.46. The van der Waals surface area contributed by atoms with Crippen LogP contribution in [0, 0.1) is 0 Å². The molecule has 1 aliphatic rings. The van der Waals surface area contributed by atoms with E-state index in [1.165, 1.54) is 6.07 Å². The van der Waals surface area contributed by atoms with E-state index in [-0.39, 0.29) is 23.7 Å². The van der Waals surface area contributed by atoms with E-state index in [1.807, 2.05) is 0 Å². The van der Waals surface area contributed by atoms with Crippen molar-refractivity contribution in [3.63, 3.8) is 0 Å². The van der Waals surface area contributed by atoms with Gasteiger partial charge in [0.15, 0.2) is 5.78 Å². The molecule has 1 heterocycles. The summed E-state index contributed by atoms with van der Waals surface area (Å²) >= 11 is 0. The van der Waals surface area contributed by atoms with Gasteiger partial charge in [0, 0.05) is 6.42 Å². The summed E-state index contributed by atoms with van der Waals surface area (Å²) in [5, 5.41) is 8.84. The summed E-state index contributed by atoms with van der Waals surface area (Å²) < 4.78 is 5.18. The molecule has 1 aromatic rings. The van der Waals surface area contributed by atoms with Gasteiger partial charge in [-0.3, -0.25) is 4.79 Å². The zero-order valence-corrected chi connectivity index (χ0v) is 7.32. The molecule has 0 saturated heterocycles. The maximum atomic E-state index is 11.4. The molecule has 2 rings (SSSR count). The predicted molar refractivity (Wildman–Crippen MR) is 47.8 cm³/mol. The Kier molecular flexibility index (Phi) is 1.96. The van der Waals surface area contributed by atoms with Crippen molar-refractivity contribution < 1.29 is 19.4 Å². The average molecular weight is 192 g/mol. The fraction of sp³-hybridized carbons (Fsp3) is 0.200. The molecule has 0 aromatic heterocycles. The Balaban J connectivity index is 2.60. The number of carboxylic acids is 1. The van der Waals surface area contributed by atoms with Crippen LogP contribution >= 0.6 is 0 Å². The molecule has 4 nitrogen and oxygen atoms in total. The van der Waals surface area contributed by atoms with Gasteiger partial charge in [0.2, 0.25) is 0 Å². The van der Waals surface area contributed by atoms with E-state index in [1.54, 1.807) is 12.1 Å². The minimum absolute atomic E-state index is 0.0514. The number of rotatable bonds is 1. The lowest BCUT2D eigenvalue weighted by Gasteiger charge is -2.17. The first kappa shape index (κ1) is 8.74. The van der Waals surface area contributed by atoms with Gasteiger partial charge >= 0.3 is 5.97 Å². The average Bonchev–Trinajstić information content (AvgIpc) is 2.17. The molecule has 0 unspecified atom stereocenters. The van der Waals surface area contributed by atoms with Gasteiger partial charge in [0.05, 0.1) is 12.2 Å². The molecule has 72 valence electrons. The van der Waals surface area contributed by atoms with Crippen LogP contribution in [0.4, 0.5) is 0 Å². The number of benzene rings is 1. The summed E-state index contributed by atoms with van der Waals surface area (Å²) in [6.45, 7) is 0.260. The number of aromatic carboxylic acids is 1. The SMILES string of the molecule is O=C(O)c1cccc2c1OCCC2=O. The topological polar surface area (TPSA) is 63.6 Å². The molecule has 4 heteroatoms. The summed E-state index contributed by atoms with van der Waals surface area (Å²) in [6, 6.07) is 4.57. The minimum atomic E-state index is -1.07. The predicted octanol–water partition coefficient (Wildman–Crippen LogP) is 1.35. The molecule has 0 spiro atoms. The first-order valence-electron chi connectivity index (χ1n) is 4.22. The normalized spacial score (nSPS) is 14.4. The Morgan fingerprint density at radius 1 is 1.43 bits per heavy atom. The third-order valence-corrected chi connectivity index (χ3v) is 2.12. The highest BCUT2D eigenvalue weighted by atomic mass is 16.5. The smallest absolute Gasteiger partial charge is 0.339 e. The lowest BCUT2D eigenvalue weighted by atomic mass is 10.0. The second-order valence-electron chi connectivity index (χ2n) is 3.01. The van der Waals surface area contributed by atoms with E-state index >= 15 is 0 Å². The molecule has 1 N–H and O–H groups in total. The van der Waals surface area contributed by atoms with Gasteiger partial charge in [-0.2, -0.15) is 0 Å². The number of ketones is 1. The van der Waals surface area contributed by atoms with E-state index in [2.05, 4.69) is 0 Å². The standard InChI is InChI=1S/C10H8O4/c11-8-4-5-14-9-6(8)2-1-3-7(9)10(12)13/h1-3H,4-5H2,(H,12,13). The van der Waals surface area contributed by atoms with E-state index in [9.17, 15) is 9.59 Å². The van der Waals surface area contributed by atoms with Gasteiger partial charge in [0.25, 0.3) is 0 Å². The molecule has 0 fully saturated rings. The Morgan fingerprint density at radius 2 is 2.21 bits per heavy atom. The lowest BCUT2D eigenvalue weighted by Crippen LogP contribution is -2.17. The van der Waals surface area contributed by atoms with E-state index < -0.39 is 5.97 Å². The van der Waals surface area contributed by atoms with Crippen LogP contribution in [0.3, 0.4) is 0 Å². The zero-order chi connectivity index (χ0) is 10.1. The van der Waals surface area contributed by atoms with Gasteiger partial charge < -0.3 is 9.84 Å². The highest BCUT2D eigenvalue weighted by molar-refractivity contribution is 6.03. The summed E-state index contributed by atoms with van der Waals surface area (Å²) in [6.07, 6.45) is 0.316. The largest absolute Gasteiger partial charge is 0.491 e. The number of Topliss-reactive ketones (excluding diaryl/α,β-unsaturated/α-hetero) is 1. The van der Waals surface area contributed by atoms with Crippen molar-refractivity contribution in [2.45, 2.75) is 6.42 Å². The second kappa shape index (κ2) is 3.14. The summed E-state index contributed by atoms with van der Waals surface area (Å²) in [5.41, 5.74) is 0.423. The van der Waals surface area contributed by atoms with Crippen molar-refractivity contribution in [3.05, 3.63) is 29.3 Å². The molecule has 0 amide bonds. The van der Waals surface area contributed by atoms with Crippen LogP contribution < -0.4 is 4.74 Å². The first-order valence-corrected chi connectivity index (χ1v) is 4.22. The molecule has 1 aliphatic heterocycles. The van der Waals surface area contributed by atoms with Gasteiger partial charge in [0.1, 0.15) is 11.3 Å². The van der Waals surface area contributed by atoms with Crippen LogP contribution in [0.25, 0.3) is 0 Å². The van der Waals surface area contributed by atoms with Crippen LogP contribution in [0.5, 0.6) is 5.75 Å². The first-order chi connectivity index (χ1) is 6.70. The molecular formula is C10H8O4. The Hall–Kier alpha value is -1.84. The molecule has 0 radical (unpaired) electrons. The number of carboxylic acid groups (broad SMARTS) is 1. The number of para-hydroxylation sites is 1. The van der Waals surface area contributed by atoms with Gasteiger partial charge in [-0.15, -0.1) is 0 Å². The van der Waals surface area contributed by atoms with Crippen LogP contribution in [-0.4, -0.2) is 23.5 Å². The number of fused-ring (bicyclic) bond motifs is 1. The lowest BCUT2D eigenvalue weighted by molar-refractivity contribution is 0.0691. The zero-order valence-electron chi connectivity index (χ0n) is 7.32. The quantitative estimate of drug-likeness (QED) is 0.729. The van der Waals surface area contributed by atoms with Crippen molar-refractivity contribution in [2.75, 3.05) is 6.61 Å². The number of ether oxygens (including phenoxy) is 1. The number of hydrogen-bond acceptors (Lipinski definition) is 3. The second-order valence-corrected chi connectivity index (χ2v) is 3.01. The van der Waals surface area contributed by atoms with Gasteiger partial charge in [-0.25, -0.2) is 4.79 Å². The Labute approximate surface area is 80.1 Å². The summed E-state index contributed by atoms with van der Waals surface area (Å²) in [4.78, 5) is 22.2. The van der Waals surface area contributed by atoms with Crippen LogP contribution in [0.2, 0.25) is 0 Å². The van der Waals surface area contributed by atoms with Crippen molar-refractivity contribution in [3.8, 4) is 5.75 Å². The molecule has 0 atom stereocenters. The van der Waals surface area contributed by atoms with E-state index in [4.69, 9.17) is 9.84 Å². The molecule has 0 aliphatic carbocycles. The maximum absolute atomic E-state index is 11.4. The van der Waals surface area contributed by atoms with Crippen molar-refractivity contribution in [1.82, 2.24) is 0 Å². The van der Waals surface area contributed by atoms with Crippen LogP contribution in [0.1, 0.15) is 27.1 Å². The molecular weight excluding hydrogens is 184 g/mol. The fourth-order valence-electron chi connectivity index (χ4n) is 1.46. The molecule has 0 bridgehead atoms. The monoisotopic (exact) mass is 192 g/mol. The number of carbonyl (C=O) groups is 2. The van der Waals surface area contributed by atoms with E-state index in [0.717, 1.165) is 0 Å². The highest BCUT2D eigenvalue weighted by Gasteiger charge is 2.23. The highest BCUT2D eigenvalue weighted by Crippen LogP contribution is 2.28. The third kappa shape index (κ3) is 1.25. The van der Waals surface area contributed by atoms with Crippen LogP contribution in [0.15, 0.2) is 18.2 Å². The summed E-state index contributed by atoms with van der Waals surface area (Å²) in [5.74, 6) is -0.929. The van der Waals surface area contributed by atoms with Crippen molar-refractivity contribution in [2.24, 2.45) is 0 Å². The third-order valence-electron chi connectivity index (χ3n) is 2.12. The van der Waals surface area contributed by atoms with Crippen LogP contribution in [-0.2, 0) is 0 Å². The molecule has 14 heavy (non-hydrogen) atoms. The number of carbonyl (C=O) groups excluding carboxylic acids is 1. The minimum Gasteiger partial charge on any atom is -0.491 e. The van der Waals surface area contributed by atoms with Gasteiger partial charge in [-0.1, -0.05) is 6.07 Å². The van der Waals surface area contributed by atoms with Gasteiger partial charge in [-0.05, 0) is 12.1 Å². The Morgan fingerprint density at radius 3 is 2.93 bits per heavy atom. The molecule has 0 saturated carbocycles. The number of hydrogen-bond donors (Lipinski definition) is 1. The Bertz CT molecular complexity index is 394.